The maximum atomic E-state index is 12.2. The minimum atomic E-state index is -0.216. The Morgan fingerprint density at radius 3 is 2.38 bits per heavy atom. The highest BCUT2D eigenvalue weighted by Crippen LogP contribution is 2.35. The van der Waals surface area contributed by atoms with Crippen LogP contribution in [0.5, 0.6) is 5.75 Å². The Bertz CT molecular complexity index is 485. The first-order valence-electron chi connectivity index (χ1n) is 7.83. The molecule has 2 heterocycles. The van der Waals surface area contributed by atoms with Gasteiger partial charge in [-0.3, -0.25) is 0 Å². The normalized spacial score (nSPS) is 28.4. The second-order valence-corrected chi connectivity index (χ2v) is 6.01. The average molecular weight is 289 g/mol. The Balaban J connectivity index is 1.59. The molecule has 0 unspecified atom stereocenters. The van der Waals surface area contributed by atoms with E-state index in [0.29, 0.717) is 24.3 Å². The predicted octanol–water partition coefficient (Wildman–Crippen LogP) is 2.87. The fraction of sp³-hybridized carbons (Fsp3) is 0.588. The van der Waals surface area contributed by atoms with Crippen molar-refractivity contribution >= 4 is 5.97 Å². The summed E-state index contributed by atoms with van der Waals surface area (Å²) in [5, 5.41) is 0. The van der Waals surface area contributed by atoms with Crippen molar-refractivity contribution in [3.63, 3.8) is 0 Å². The molecule has 0 saturated carbocycles. The maximum absolute atomic E-state index is 12.2. The summed E-state index contributed by atoms with van der Waals surface area (Å²) < 4.78 is 11.1. The Kier molecular flexibility index (Phi) is 4.15. The van der Waals surface area contributed by atoms with Crippen LogP contribution in [0.3, 0.4) is 0 Å². The van der Waals surface area contributed by atoms with Gasteiger partial charge in [0.2, 0.25) is 0 Å². The number of hydrogen-bond donors (Lipinski definition) is 0. The van der Waals surface area contributed by atoms with Crippen molar-refractivity contribution in [3.8, 4) is 5.75 Å². The summed E-state index contributed by atoms with van der Waals surface area (Å²) >= 11 is 0. The molecule has 2 aliphatic heterocycles. The summed E-state index contributed by atoms with van der Waals surface area (Å²) in [4.78, 5) is 14.7. The van der Waals surface area contributed by atoms with Gasteiger partial charge >= 0.3 is 5.97 Å². The zero-order valence-corrected chi connectivity index (χ0v) is 12.7. The van der Waals surface area contributed by atoms with E-state index in [-0.39, 0.29) is 12.1 Å². The second kappa shape index (κ2) is 6.06. The van der Waals surface area contributed by atoms with E-state index in [1.165, 1.54) is 12.8 Å². The van der Waals surface area contributed by atoms with Crippen molar-refractivity contribution < 1.29 is 14.3 Å². The molecule has 0 spiro atoms. The number of hydrogen-bond acceptors (Lipinski definition) is 4. The van der Waals surface area contributed by atoms with Crippen molar-refractivity contribution in [2.75, 3.05) is 13.7 Å². The fourth-order valence-electron chi connectivity index (χ4n) is 3.53. The van der Waals surface area contributed by atoms with Crippen LogP contribution in [-0.4, -0.2) is 42.7 Å². The molecule has 2 bridgehead atoms. The van der Waals surface area contributed by atoms with Crippen LogP contribution in [-0.2, 0) is 4.74 Å². The lowest BCUT2D eigenvalue weighted by atomic mass is 10.0. The van der Waals surface area contributed by atoms with E-state index in [4.69, 9.17) is 9.47 Å². The van der Waals surface area contributed by atoms with Crippen molar-refractivity contribution in [3.05, 3.63) is 29.8 Å². The van der Waals surface area contributed by atoms with Gasteiger partial charge in [0.25, 0.3) is 0 Å². The predicted molar refractivity (Wildman–Crippen MR) is 80.6 cm³/mol. The zero-order valence-electron chi connectivity index (χ0n) is 12.7. The van der Waals surface area contributed by atoms with Gasteiger partial charge in [-0.25, -0.2) is 4.79 Å². The number of nitrogens with zero attached hydrogens (tertiary/aromatic N) is 1. The van der Waals surface area contributed by atoms with Gasteiger partial charge in [-0.2, -0.15) is 0 Å². The van der Waals surface area contributed by atoms with Gasteiger partial charge in [0.1, 0.15) is 11.9 Å². The fourth-order valence-corrected chi connectivity index (χ4v) is 3.53. The van der Waals surface area contributed by atoms with Crippen molar-refractivity contribution in [1.29, 1.82) is 0 Å². The van der Waals surface area contributed by atoms with Gasteiger partial charge in [-0.05, 0) is 51.1 Å². The zero-order chi connectivity index (χ0) is 14.8. The highest BCUT2D eigenvalue weighted by Gasteiger charge is 2.39. The summed E-state index contributed by atoms with van der Waals surface area (Å²) in [6.07, 6.45) is 4.47. The van der Waals surface area contributed by atoms with Crippen LogP contribution in [0.2, 0.25) is 0 Å². The van der Waals surface area contributed by atoms with Crippen LogP contribution >= 0.6 is 0 Å². The molecule has 21 heavy (non-hydrogen) atoms. The second-order valence-electron chi connectivity index (χ2n) is 6.01. The lowest BCUT2D eigenvalue weighted by Gasteiger charge is -2.35. The van der Waals surface area contributed by atoms with Gasteiger partial charge in [0.05, 0.1) is 12.2 Å². The first kappa shape index (κ1) is 14.4. The molecule has 2 aliphatic rings. The van der Waals surface area contributed by atoms with Gasteiger partial charge in [0.15, 0.2) is 0 Å². The van der Waals surface area contributed by atoms with Gasteiger partial charge in [-0.1, -0.05) is 0 Å². The summed E-state index contributed by atoms with van der Waals surface area (Å²) in [6, 6.07) is 8.36. The van der Waals surface area contributed by atoms with Crippen LogP contribution in [0.1, 0.15) is 43.0 Å². The standard InChI is InChI=1S/C17H23NO3/c1-3-20-15-8-4-12(5-9-15)17(19)21-16-10-13-6-7-14(11-16)18(13)2/h4-5,8-9,13-14,16H,3,6-7,10-11H2,1-2H3/t13-,14-/m0/s1. The minimum Gasteiger partial charge on any atom is -0.494 e. The summed E-state index contributed by atoms with van der Waals surface area (Å²) in [6.45, 7) is 2.57. The van der Waals surface area contributed by atoms with Crippen LogP contribution in [0.15, 0.2) is 24.3 Å². The van der Waals surface area contributed by atoms with Crippen molar-refractivity contribution in [1.82, 2.24) is 4.90 Å². The number of piperidine rings is 1. The molecule has 0 aliphatic carbocycles. The monoisotopic (exact) mass is 289 g/mol. The summed E-state index contributed by atoms with van der Waals surface area (Å²) in [7, 11) is 2.19. The van der Waals surface area contributed by atoms with Gasteiger partial charge in [0, 0.05) is 24.9 Å². The number of carbonyl (C=O) groups is 1. The van der Waals surface area contributed by atoms with Gasteiger partial charge in [-0.15, -0.1) is 0 Å². The van der Waals surface area contributed by atoms with Crippen LogP contribution in [0.25, 0.3) is 0 Å². The Hall–Kier alpha value is -1.55. The molecule has 114 valence electrons. The first-order valence-corrected chi connectivity index (χ1v) is 7.83. The number of ether oxygens (including phenoxy) is 2. The molecule has 0 aromatic heterocycles. The quantitative estimate of drug-likeness (QED) is 0.799. The number of rotatable bonds is 4. The topological polar surface area (TPSA) is 38.8 Å². The number of carbonyl (C=O) groups excluding carboxylic acids is 1. The molecule has 1 aromatic rings. The lowest BCUT2D eigenvalue weighted by molar-refractivity contribution is -0.000449. The third-order valence-corrected chi connectivity index (χ3v) is 4.73. The van der Waals surface area contributed by atoms with Crippen molar-refractivity contribution in [2.24, 2.45) is 0 Å². The lowest BCUT2D eigenvalue weighted by Crippen LogP contribution is -2.43. The molecule has 2 fully saturated rings. The van der Waals surface area contributed by atoms with E-state index >= 15 is 0 Å². The van der Waals surface area contributed by atoms with E-state index in [9.17, 15) is 4.79 Å². The first-order chi connectivity index (χ1) is 10.2. The molecule has 1 aromatic carbocycles. The molecule has 4 heteroatoms. The highest BCUT2D eigenvalue weighted by molar-refractivity contribution is 5.89. The molecule has 0 radical (unpaired) electrons. The number of esters is 1. The molecule has 2 atom stereocenters. The molecule has 2 saturated heterocycles. The largest absolute Gasteiger partial charge is 0.494 e. The van der Waals surface area contributed by atoms with Crippen LogP contribution in [0, 0.1) is 0 Å². The minimum absolute atomic E-state index is 0.0674. The SMILES string of the molecule is CCOc1ccc(C(=O)OC2C[C@@H]3CC[C@@H](C2)N3C)cc1. The van der Waals surface area contributed by atoms with Crippen LogP contribution in [0.4, 0.5) is 0 Å². The Morgan fingerprint density at radius 2 is 1.81 bits per heavy atom. The molecule has 4 nitrogen and oxygen atoms in total. The van der Waals surface area contributed by atoms with E-state index in [2.05, 4.69) is 11.9 Å². The Morgan fingerprint density at radius 1 is 1.19 bits per heavy atom. The third kappa shape index (κ3) is 3.05. The van der Waals surface area contributed by atoms with Crippen molar-refractivity contribution in [2.45, 2.75) is 50.8 Å². The smallest absolute Gasteiger partial charge is 0.338 e. The molecule has 0 amide bonds. The molecular formula is C17H23NO3. The molecule has 0 N–H and O–H groups in total. The maximum Gasteiger partial charge on any atom is 0.338 e. The van der Waals surface area contributed by atoms with E-state index < -0.39 is 0 Å². The average Bonchev–Trinajstić information content (AvgIpc) is 2.71. The molecule has 3 rings (SSSR count). The van der Waals surface area contributed by atoms with Gasteiger partial charge < -0.3 is 14.4 Å². The van der Waals surface area contributed by atoms with E-state index in [1.54, 1.807) is 12.1 Å². The third-order valence-electron chi connectivity index (χ3n) is 4.73. The number of fused-ring (bicyclic) bond motifs is 2. The summed E-state index contributed by atoms with van der Waals surface area (Å²) in [5.41, 5.74) is 0.602. The van der Waals surface area contributed by atoms with E-state index in [1.807, 2.05) is 19.1 Å². The molecular weight excluding hydrogens is 266 g/mol. The summed E-state index contributed by atoms with van der Waals surface area (Å²) in [5.74, 6) is 0.568. The highest BCUT2D eigenvalue weighted by atomic mass is 16.5. The van der Waals surface area contributed by atoms with Crippen LogP contribution < -0.4 is 4.74 Å². The number of benzene rings is 1. The van der Waals surface area contributed by atoms with E-state index in [0.717, 1.165) is 18.6 Å². The Labute approximate surface area is 126 Å².